The Bertz CT molecular complexity index is 144. The van der Waals surface area contributed by atoms with Gasteiger partial charge in [0.25, 0.3) is 0 Å². The molecular formula is C9H19NO3. The van der Waals surface area contributed by atoms with E-state index in [1.54, 1.807) is 20.9 Å². The van der Waals surface area contributed by atoms with Crippen LogP contribution in [-0.2, 0) is 9.53 Å². The summed E-state index contributed by atoms with van der Waals surface area (Å²) >= 11 is 0. The number of hydrogen-bond acceptors (Lipinski definition) is 4. The van der Waals surface area contributed by atoms with Gasteiger partial charge >= 0.3 is 5.97 Å². The molecule has 0 fully saturated rings. The van der Waals surface area contributed by atoms with Crippen LogP contribution in [0.5, 0.6) is 0 Å². The van der Waals surface area contributed by atoms with Gasteiger partial charge in [0, 0.05) is 12.1 Å². The van der Waals surface area contributed by atoms with E-state index in [1.807, 2.05) is 0 Å². The van der Waals surface area contributed by atoms with Crippen LogP contribution in [0.1, 0.15) is 13.8 Å². The minimum absolute atomic E-state index is 0.233. The second kappa shape index (κ2) is 11.1. The number of esters is 1. The standard InChI is InChI=1S/C6H10O2.C3H9NO/c1-4-8-6(7)5(2)3;1-4-2-3-5/h2,4H2,1,3H3;4-5H,2-3H2,1H3. The van der Waals surface area contributed by atoms with Crippen molar-refractivity contribution < 1.29 is 14.6 Å². The molecule has 0 rings (SSSR count). The van der Waals surface area contributed by atoms with Gasteiger partial charge in [-0.3, -0.25) is 0 Å². The first-order chi connectivity index (χ1) is 6.09. The van der Waals surface area contributed by atoms with Crippen molar-refractivity contribution in [2.45, 2.75) is 13.8 Å². The lowest BCUT2D eigenvalue weighted by Gasteiger charge is -1.96. The maximum Gasteiger partial charge on any atom is 0.333 e. The van der Waals surface area contributed by atoms with Gasteiger partial charge in [-0.05, 0) is 20.9 Å². The summed E-state index contributed by atoms with van der Waals surface area (Å²) in [6.07, 6.45) is 0. The Labute approximate surface area is 79.6 Å². The number of likely N-dealkylation sites (N-methyl/N-ethyl adjacent to an activating group) is 1. The van der Waals surface area contributed by atoms with Gasteiger partial charge in [0.1, 0.15) is 0 Å². The molecule has 0 saturated carbocycles. The SMILES string of the molecule is C=C(C)C(=O)OCC.CNCCO. The number of nitrogens with one attached hydrogen (secondary N) is 1. The molecule has 0 spiro atoms. The summed E-state index contributed by atoms with van der Waals surface area (Å²) in [5, 5.41) is 10.8. The van der Waals surface area contributed by atoms with Gasteiger partial charge in [-0.1, -0.05) is 6.58 Å². The van der Waals surface area contributed by atoms with E-state index in [0.29, 0.717) is 18.7 Å². The molecule has 4 nitrogen and oxygen atoms in total. The highest BCUT2D eigenvalue weighted by molar-refractivity contribution is 5.86. The molecule has 0 saturated heterocycles. The number of aliphatic hydroxyl groups is 1. The molecule has 2 N–H and O–H groups in total. The fourth-order valence-corrected chi connectivity index (χ4v) is 0.366. The van der Waals surface area contributed by atoms with Crippen molar-refractivity contribution in [2.24, 2.45) is 0 Å². The number of carbonyl (C=O) groups is 1. The highest BCUT2D eigenvalue weighted by Gasteiger charge is 1.98. The minimum atomic E-state index is -0.312. The molecule has 0 aromatic heterocycles. The van der Waals surface area contributed by atoms with Gasteiger partial charge in [0.15, 0.2) is 0 Å². The Hall–Kier alpha value is -0.870. The topological polar surface area (TPSA) is 58.6 Å². The van der Waals surface area contributed by atoms with Crippen LogP contribution in [0.2, 0.25) is 0 Å². The van der Waals surface area contributed by atoms with E-state index in [2.05, 4.69) is 16.6 Å². The zero-order valence-corrected chi connectivity index (χ0v) is 8.59. The maximum absolute atomic E-state index is 10.4. The van der Waals surface area contributed by atoms with E-state index in [9.17, 15) is 4.79 Å². The molecule has 0 unspecified atom stereocenters. The highest BCUT2D eigenvalue weighted by atomic mass is 16.5. The van der Waals surface area contributed by atoms with Crippen LogP contribution >= 0.6 is 0 Å². The molecule has 0 aliphatic heterocycles. The number of aliphatic hydroxyl groups excluding tert-OH is 1. The molecule has 0 aliphatic carbocycles. The fourth-order valence-electron chi connectivity index (χ4n) is 0.366. The van der Waals surface area contributed by atoms with Crippen LogP contribution in [0.3, 0.4) is 0 Å². The van der Waals surface area contributed by atoms with Crippen molar-refractivity contribution in [3.63, 3.8) is 0 Å². The molecule has 0 aromatic rings. The lowest BCUT2D eigenvalue weighted by molar-refractivity contribution is -0.138. The molecule has 0 heterocycles. The third-order valence-corrected chi connectivity index (χ3v) is 0.986. The summed E-state index contributed by atoms with van der Waals surface area (Å²) < 4.78 is 4.56. The van der Waals surface area contributed by atoms with Crippen LogP contribution in [0, 0.1) is 0 Å². The van der Waals surface area contributed by atoms with Crippen LogP contribution < -0.4 is 5.32 Å². The second-order valence-electron chi connectivity index (χ2n) is 2.33. The van der Waals surface area contributed by atoms with Crippen LogP contribution in [0.15, 0.2) is 12.2 Å². The number of carbonyl (C=O) groups excluding carboxylic acids is 1. The normalized spacial score (nSPS) is 8.31. The van der Waals surface area contributed by atoms with Crippen molar-refractivity contribution in [2.75, 3.05) is 26.8 Å². The average Bonchev–Trinajstić information content (AvgIpc) is 2.07. The lowest BCUT2D eigenvalue weighted by Crippen LogP contribution is -2.10. The molecule has 0 aliphatic rings. The Morgan fingerprint density at radius 2 is 2.15 bits per heavy atom. The molecule has 13 heavy (non-hydrogen) atoms. The van der Waals surface area contributed by atoms with Gasteiger partial charge in [0.05, 0.1) is 13.2 Å². The average molecular weight is 189 g/mol. The van der Waals surface area contributed by atoms with Crippen LogP contribution in [0.4, 0.5) is 0 Å². The first-order valence-electron chi connectivity index (χ1n) is 4.18. The molecule has 0 aromatic carbocycles. The summed E-state index contributed by atoms with van der Waals surface area (Å²) in [5.74, 6) is -0.312. The first-order valence-corrected chi connectivity index (χ1v) is 4.18. The molecule has 0 radical (unpaired) electrons. The maximum atomic E-state index is 10.4. The van der Waals surface area contributed by atoms with Crippen molar-refractivity contribution in [1.82, 2.24) is 5.32 Å². The number of rotatable bonds is 4. The van der Waals surface area contributed by atoms with E-state index in [4.69, 9.17) is 5.11 Å². The first kappa shape index (κ1) is 14.6. The summed E-state index contributed by atoms with van der Waals surface area (Å²) in [6, 6.07) is 0. The Kier molecular flexibility index (Phi) is 12.5. The van der Waals surface area contributed by atoms with Crippen LogP contribution in [0.25, 0.3) is 0 Å². The summed E-state index contributed by atoms with van der Waals surface area (Å²) in [6.45, 7) is 8.14. The number of ether oxygens (including phenoxy) is 1. The summed E-state index contributed by atoms with van der Waals surface area (Å²) in [7, 11) is 1.80. The number of hydrogen-bond donors (Lipinski definition) is 2. The monoisotopic (exact) mass is 189 g/mol. The van der Waals surface area contributed by atoms with E-state index < -0.39 is 0 Å². The molecule has 0 bridgehead atoms. The second-order valence-corrected chi connectivity index (χ2v) is 2.33. The fraction of sp³-hybridized carbons (Fsp3) is 0.667. The van der Waals surface area contributed by atoms with Crippen molar-refractivity contribution in [1.29, 1.82) is 0 Å². The minimum Gasteiger partial charge on any atom is -0.463 e. The molecule has 78 valence electrons. The Morgan fingerprint density at radius 3 is 2.23 bits per heavy atom. The molecular weight excluding hydrogens is 170 g/mol. The van der Waals surface area contributed by atoms with Crippen molar-refractivity contribution >= 4 is 5.97 Å². The van der Waals surface area contributed by atoms with Gasteiger partial charge in [-0.2, -0.15) is 0 Å². The third kappa shape index (κ3) is 14.0. The zero-order chi connectivity index (χ0) is 10.7. The van der Waals surface area contributed by atoms with Crippen LogP contribution in [-0.4, -0.2) is 37.9 Å². The van der Waals surface area contributed by atoms with Crippen molar-refractivity contribution in [3.05, 3.63) is 12.2 Å². The molecule has 0 atom stereocenters. The van der Waals surface area contributed by atoms with E-state index >= 15 is 0 Å². The predicted molar refractivity (Wildman–Crippen MR) is 52.5 cm³/mol. The predicted octanol–water partition coefficient (Wildman–Crippen LogP) is 0.324. The van der Waals surface area contributed by atoms with Gasteiger partial charge < -0.3 is 15.2 Å². The summed E-state index contributed by atoms with van der Waals surface area (Å²) in [4.78, 5) is 10.4. The zero-order valence-electron chi connectivity index (χ0n) is 8.59. The summed E-state index contributed by atoms with van der Waals surface area (Å²) in [5.41, 5.74) is 0.451. The van der Waals surface area contributed by atoms with Gasteiger partial charge in [0.2, 0.25) is 0 Å². The quantitative estimate of drug-likeness (QED) is 0.494. The van der Waals surface area contributed by atoms with Gasteiger partial charge in [-0.15, -0.1) is 0 Å². The smallest absolute Gasteiger partial charge is 0.333 e. The van der Waals surface area contributed by atoms with Gasteiger partial charge in [-0.25, -0.2) is 4.79 Å². The van der Waals surface area contributed by atoms with E-state index in [1.165, 1.54) is 0 Å². The lowest BCUT2D eigenvalue weighted by atomic mass is 10.4. The Balaban J connectivity index is 0. The molecule has 0 amide bonds. The van der Waals surface area contributed by atoms with E-state index in [0.717, 1.165) is 0 Å². The molecule has 4 heteroatoms. The Morgan fingerprint density at radius 1 is 1.62 bits per heavy atom. The largest absolute Gasteiger partial charge is 0.463 e. The third-order valence-electron chi connectivity index (χ3n) is 0.986. The van der Waals surface area contributed by atoms with E-state index in [-0.39, 0.29) is 12.6 Å². The van der Waals surface area contributed by atoms with Crippen molar-refractivity contribution in [3.8, 4) is 0 Å². The highest BCUT2D eigenvalue weighted by Crippen LogP contribution is 1.89.